The van der Waals surface area contributed by atoms with E-state index in [0.717, 1.165) is 12.1 Å². The first-order valence-corrected chi connectivity index (χ1v) is 8.56. The van der Waals surface area contributed by atoms with Crippen molar-refractivity contribution in [2.75, 3.05) is 13.1 Å². The van der Waals surface area contributed by atoms with Crippen molar-refractivity contribution in [3.63, 3.8) is 0 Å². The molecule has 26 heavy (non-hydrogen) atoms. The number of benzene rings is 1. The fourth-order valence-corrected chi connectivity index (χ4v) is 3.07. The molecule has 1 aliphatic heterocycles. The number of ether oxygens (including phenoxy) is 1. The lowest BCUT2D eigenvalue weighted by Gasteiger charge is -2.35. The van der Waals surface area contributed by atoms with Gasteiger partial charge in [0, 0.05) is 13.1 Å². The molecule has 0 saturated carbocycles. The molecule has 142 valence electrons. The summed E-state index contributed by atoms with van der Waals surface area (Å²) in [7, 11) is 0. The standard InChI is InChI=1S/C19H23F3N2O2/c1-18(2,3)26-17(25)24-10-8-14(9-11-24)16(12-23)13-4-6-15(7-5-13)19(20,21)22/h4-7,14,16H,8-11H2,1-3H3/t16-/m1/s1. The molecule has 0 spiro atoms. The van der Waals surface area contributed by atoms with Gasteiger partial charge in [-0.1, -0.05) is 12.1 Å². The Morgan fingerprint density at radius 1 is 1.19 bits per heavy atom. The van der Waals surface area contributed by atoms with Gasteiger partial charge in [-0.15, -0.1) is 0 Å². The molecule has 0 unspecified atom stereocenters. The molecule has 1 aliphatic rings. The SMILES string of the molecule is CC(C)(C)OC(=O)N1CCC([C@H](C#N)c2ccc(C(F)(F)F)cc2)CC1. The van der Waals surface area contributed by atoms with Crippen molar-refractivity contribution in [3.8, 4) is 6.07 Å². The summed E-state index contributed by atoms with van der Waals surface area (Å²) >= 11 is 0. The van der Waals surface area contributed by atoms with E-state index < -0.39 is 23.3 Å². The molecule has 1 aromatic carbocycles. The molecule has 1 fully saturated rings. The topological polar surface area (TPSA) is 53.3 Å². The molecule has 1 amide bonds. The molecule has 7 heteroatoms. The van der Waals surface area contributed by atoms with E-state index in [1.165, 1.54) is 12.1 Å². The van der Waals surface area contributed by atoms with Crippen molar-refractivity contribution in [1.82, 2.24) is 4.90 Å². The van der Waals surface area contributed by atoms with Crippen LogP contribution in [-0.2, 0) is 10.9 Å². The fourth-order valence-electron chi connectivity index (χ4n) is 3.07. The highest BCUT2D eigenvalue weighted by Gasteiger charge is 2.33. The van der Waals surface area contributed by atoms with Crippen molar-refractivity contribution < 1.29 is 22.7 Å². The zero-order valence-electron chi connectivity index (χ0n) is 15.1. The van der Waals surface area contributed by atoms with E-state index in [1.54, 1.807) is 25.7 Å². The number of amides is 1. The molecule has 0 radical (unpaired) electrons. The quantitative estimate of drug-likeness (QED) is 0.741. The maximum atomic E-state index is 12.7. The van der Waals surface area contributed by atoms with Gasteiger partial charge in [-0.25, -0.2) is 4.79 Å². The van der Waals surface area contributed by atoms with E-state index >= 15 is 0 Å². The Morgan fingerprint density at radius 2 is 1.73 bits per heavy atom. The number of halogens is 3. The van der Waals surface area contributed by atoms with Crippen molar-refractivity contribution in [1.29, 1.82) is 5.26 Å². The van der Waals surface area contributed by atoms with Crippen LogP contribution in [-0.4, -0.2) is 29.7 Å². The number of carbonyl (C=O) groups is 1. The summed E-state index contributed by atoms with van der Waals surface area (Å²) in [5, 5.41) is 9.51. The van der Waals surface area contributed by atoms with Gasteiger partial charge in [0.2, 0.25) is 0 Å². The number of carbonyl (C=O) groups excluding carboxylic acids is 1. The van der Waals surface area contributed by atoms with Crippen LogP contribution < -0.4 is 0 Å². The highest BCUT2D eigenvalue weighted by atomic mass is 19.4. The second-order valence-corrected chi connectivity index (χ2v) is 7.53. The zero-order valence-corrected chi connectivity index (χ0v) is 15.1. The normalized spacial score (nSPS) is 17.5. The molecular weight excluding hydrogens is 345 g/mol. The van der Waals surface area contributed by atoms with Gasteiger partial charge in [0.05, 0.1) is 17.6 Å². The van der Waals surface area contributed by atoms with Gasteiger partial charge in [-0.3, -0.25) is 0 Å². The molecule has 4 nitrogen and oxygen atoms in total. The van der Waals surface area contributed by atoms with Gasteiger partial charge < -0.3 is 9.64 Å². The Bertz CT molecular complexity index is 664. The van der Waals surface area contributed by atoms with E-state index in [2.05, 4.69) is 6.07 Å². The number of nitriles is 1. The lowest BCUT2D eigenvalue weighted by atomic mass is 9.81. The Morgan fingerprint density at radius 3 is 2.15 bits per heavy atom. The first-order valence-electron chi connectivity index (χ1n) is 8.56. The van der Waals surface area contributed by atoms with Crippen LogP contribution in [0.15, 0.2) is 24.3 Å². The van der Waals surface area contributed by atoms with Crippen LogP contribution >= 0.6 is 0 Å². The summed E-state index contributed by atoms with van der Waals surface area (Å²) in [6.07, 6.45) is -3.55. The van der Waals surface area contributed by atoms with Gasteiger partial charge in [0.1, 0.15) is 5.60 Å². The van der Waals surface area contributed by atoms with Crippen molar-refractivity contribution >= 4 is 6.09 Å². The smallest absolute Gasteiger partial charge is 0.416 e. The molecule has 0 N–H and O–H groups in total. The Labute approximate surface area is 151 Å². The van der Waals surface area contributed by atoms with E-state index in [1.807, 2.05) is 0 Å². The number of alkyl halides is 3. The first-order chi connectivity index (χ1) is 12.0. The molecule has 0 bridgehead atoms. The highest BCUT2D eigenvalue weighted by molar-refractivity contribution is 5.68. The predicted molar refractivity (Wildman–Crippen MR) is 90.3 cm³/mol. The van der Waals surface area contributed by atoms with E-state index in [0.29, 0.717) is 31.5 Å². The molecule has 1 atom stereocenters. The van der Waals surface area contributed by atoms with Crippen molar-refractivity contribution in [3.05, 3.63) is 35.4 Å². The molecule has 2 rings (SSSR count). The predicted octanol–water partition coefficient (Wildman–Crippen LogP) is 4.96. The number of hydrogen-bond acceptors (Lipinski definition) is 3. The Kier molecular flexibility index (Phi) is 5.84. The third kappa shape index (κ3) is 5.13. The van der Waals surface area contributed by atoms with Crippen LogP contribution in [0, 0.1) is 17.2 Å². The number of rotatable bonds is 2. The minimum absolute atomic E-state index is 0.00424. The third-order valence-corrected chi connectivity index (χ3v) is 4.40. The van der Waals surface area contributed by atoms with Gasteiger partial charge in [0.25, 0.3) is 0 Å². The molecular formula is C19H23F3N2O2. The summed E-state index contributed by atoms with van der Waals surface area (Å²) in [5.74, 6) is -0.492. The lowest BCUT2D eigenvalue weighted by Crippen LogP contribution is -2.42. The number of piperidine rings is 1. The van der Waals surface area contributed by atoms with E-state index in [-0.39, 0.29) is 12.0 Å². The van der Waals surface area contributed by atoms with Gasteiger partial charge in [0.15, 0.2) is 0 Å². The minimum Gasteiger partial charge on any atom is -0.444 e. The summed E-state index contributed by atoms with van der Waals surface area (Å²) < 4.78 is 43.4. The van der Waals surface area contributed by atoms with Gasteiger partial charge in [-0.2, -0.15) is 18.4 Å². The average Bonchev–Trinajstić information content (AvgIpc) is 2.54. The molecule has 1 saturated heterocycles. The molecule has 0 aromatic heterocycles. The Balaban J connectivity index is 2.01. The maximum Gasteiger partial charge on any atom is 0.416 e. The largest absolute Gasteiger partial charge is 0.444 e. The third-order valence-electron chi connectivity index (χ3n) is 4.40. The summed E-state index contributed by atoms with van der Waals surface area (Å²) in [6.45, 7) is 6.34. The first kappa shape index (κ1) is 20.1. The summed E-state index contributed by atoms with van der Waals surface area (Å²) in [6, 6.07) is 6.98. The van der Waals surface area contributed by atoms with E-state index in [4.69, 9.17) is 4.74 Å². The Hall–Kier alpha value is -2.23. The van der Waals surface area contributed by atoms with Crippen LogP contribution in [0.3, 0.4) is 0 Å². The molecule has 1 heterocycles. The second kappa shape index (κ2) is 7.56. The van der Waals surface area contributed by atoms with Crippen LogP contribution in [0.2, 0.25) is 0 Å². The zero-order chi connectivity index (χ0) is 19.5. The number of hydrogen-bond donors (Lipinski definition) is 0. The minimum atomic E-state index is -4.39. The lowest BCUT2D eigenvalue weighted by molar-refractivity contribution is -0.137. The molecule has 0 aliphatic carbocycles. The summed E-state index contributed by atoms with van der Waals surface area (Å²) in [4.78, 5) is 13.7. The fraction of sp³-hybridized carbons (Fsp3) is 0.579. The molecule has 1 aromatic rings. The summed E-state index contributed by atoms with van der Waals surface area (Å²) in [5.41, 5.74) is -0.711. The van der Waals surface area contributed by atoms with Crippen molar-refractivity contribution in [2.24, 2.45) is 5.92 Å². The van der Waals surface area contributed by atoms with Crippen LogP contribution in [0.25, 0.3) is 0 Å². The number of nitrogens with zero attached hydrogens (tertiary/aromatic N) is 2. The average molecular weight is 368 g/mol. The van der Waals surface area contributed by atoms with Crippen LogP contribution in [0.4, 0.5) is 18.0 Å². The highest BCUT2D eigenvalue weighted by Crippen LogP contribution is 2.35. The number of likely N-dealkylation sites (tertiary alicyclic amines) is 1. The van der Waals surface area contributed by atoms with Crippen LogP contribution in [0.5, 0.6) is 0 Å². The van der Waals surface area contributed by atoms with Crippen LogP contribution in [0.1, 0.15) is 50.7 Å². The maximum absolute atomic E-state index is 12.7. The van der Waals surface area contributed by atoms with Gasteiger partial charge >= 0.3 is 12.3 Å². The van der Waals surface area contributed by atoms with Crippen molar-refractivity contribution in [2.45, 2.75) is 51.3 Å². The van der Waals surface area contributed by atoms with Gasteiger partial charge in [-0.05, 0) is 57.2 Å². The van der Waals surface area contributed by atoms with E-state index in [9.17, 15) is 23.2 Å². The second-order valence-electron chi connectivity index (χ2n) is 7.53. The monoisotopic (exact) mass is 368 g/mol.